The standard InChI is InChI=1S/C14H20FNO3S/c1-3-14(5-4-6-14)16-20(18,19)12-7-10(2)13(15)11(8-12)9-17/h7-8,16-17H,3-6,9H2,1-2H3. The van der Waals surface area contributed by atoms with Crippen LogP contribution in [-0.2, 0) is 16.6 Å². The van der Waals surface area contributed by atoms with E-state index in [9.17, 15) is 12.8 Å². The van der Waals surface area contributed by atoms with Gasteiger partial charge in [-0.1, -0.05) is 6.92 Å². The lowest BCUT2D eigenvalue weighted by Gasteiger charge is -2.41. The third-order valence-electron chi connectivity index (χ3n) is 4.12. The summed E-state index contributed by atoms with van der Waals surface area (Å²) >= 11 is 0. The topological polar surface area (TPSA) is 66.4 Å². The van der Waals surface area contributed by atoms with Gasteiger partial charge in [0, 0.05) is 11.1 Å². The summed E-state index contributed by atoms with van der Waals surface area (Å²) < 4.78 is 41.2. The van der Waals surface area contributed by atoms with Crippen LogP contribution in [0.1, 0.15) is 43.7 Å². The molecule has 6 heteroatoms. The van der Waals surface area contributed by atoms with Crippen molar-refractivity contribution in [3.63, 3.8) is 0 Å². The highest BCUT2D eigenvalue weighted by atomic mass is 32.2. The van der Waals surface area contributed by atoms with Crippen molar-refractivity contribution in [2.24, 2.45) is 0 Å². The quantitative estimate of drug-likeness (QED) is 0.876. The van der Waals surface area contributed by atoms with Crippen molar-refractivity contribution in [2.45, 2.75) is 56.6 Å². The Kier molecular flexibility index (Phi) is 4.18. The molecule has 4 nitrogen and oxygen atoms in total. The van der Waals surface area contributed by atoms with E-state index < -0.39 is 22.4 Å². The third-order valence-corrected chi connectivity index (χ3v) is 5.68. The molecule has 0 atom stereocenters. The lowest BCUT2D eigenvalue weighted by molar-refractivity contribution is 0.214. The van der Waals surface area contributed by atoms with E-state index in [2.05, 4.69) is 4.72 Å². The Balaban J connectivity index is 2.37. The average Bonchev–Trinajstić information content (AvgIpc) is 2.37. The molecule has 1 aliphatic carbocycles. The van der Waals surface area contributed by atoms with Crippen LogP contribution in [0, 0.1) is 12.7 Å². The zero-order valence-corrected chi connectivity index (χ0v) is 12.6. The minimum absolute atomic E-state index is 0.00420. The minimum Gasteiger partial charge on any atom is -0.392 e. The fraction of sp³-hybridized carbons (Fsp3) is 0.571. The molecule has 20 heavy (non-hydrogen) atoms. The predicted molar refractivity (Wildman–Crippen MR) is 74.3 cm³/mol. The van der Waals surface area contributed by atoms with Crippen molar-refractivity contribution in [1.29, 1.82) is 0 Å². The zero-order valence-electron chi connectivity index (χ0n) is 11.7. The molecule has 2 N–H and O–H groups in total. The number of aliphatic hydroxyl groups excluding tert-OH is 1. The second-order valence-electron chi connectivity index (χ2n) is 5.46. The normalized spacial score (nSPS) is 17.8. The van der Waals surface area contributed by atoms with Crippen LogP contribution < -0.4 is 4.72 Å². The maximum Gasteiger partial charge on any atom is 0.241 e. The summed E-state index contributed by atoms with van der Waals surface area (Å²) in [5.41, 5.74) is -0.138. The molecular formula is C14H20FNO3S. The van der Waals surface area contributed by atoms with Crippen LogP contribution in [0.5, 0.6) is 0 Å². The van der Waals surface area contributed by atoms with Gasteiger partial charge >= 0.3 is 0 Å². The molecule has 0 radical (unpaired) electrons. The highest BCUT2D eigenvalue weighted by Gasteiger charge is 2.39. The Labute approximate surface area is 119 Å². The van der Waals surface area contributed by atoms with Gasteiger partial charge in [-0.2, -0.15) is 0 Å². The summed E-state index contributed by atoms with van der Waals surface area (Å²) in [7, 11) is -3.69. The largest absolute Gasteiger partial charge is 0.392 e. The van der Waals surface area contributed by atoms with E-state index in [0.29, 0.717) is 0 Å². The van der Waals surface area contributed by atoms with E-state index in [1.165, 1.54) is 19.1 Å². The lowest BCUT2D eigenvalue weighted by atomic mass is 9.76. The van der Waals surface area contributed by atoms with Gasteiger partial charge in [-0.3, -0.25) is 0 Å². The summed E-state index contributed by atoms with van der Waals surface area (Å²) in [6.07, 6.45) is 3.41. The van der Waals surface area contributed by atoms with Gasteiger partial charge in [-0.15, -0.1) is 0 Å². The van der Waals surface area contributed by atoms with Crippen molar-refractivity contribution >= 4 is 10.0 Å². The molecule has 0 bridgehead atoms. The number of halogens is 1. The van der Waals surface area contributed by atoms with Crippen molar-refractivity contribution < 1.29 is 17.9 Å². The number of hydrogen-bond donors (Lipinski definition) is 2. The SMILES string of the molecule is CCC1(NS(=O)(=O)c2cc(C)c(F)c(CO)c2)CCC1. The lowest BCUT2D eigenvalue weighted by Crippen LogP contribution is -2.52. The number of rotatable bonds is 5. The van der Waals surface area contributed by atoms with Crippen molar-refractivity contribution in [3.05, 3.63) is 29.1 Å². The molecule has 1 aromatic rings. The monoisotopic (exact) mass is 301 g/mol. The Bertz CT molecular complexity index is 604. The summed E-state index contributed by atoms with van der Waals surface area (Å²) in [5.74, 6) is -0.555. The second kappa shape index (κ2) is 5.42. The van der Waals surface area contributed by atoms with Crippen LogP contribution in [-0.4, -0.2) is 19.1 Å². The zero-order chi connectivity index (χ0) is 15.0. The molecule has 1 aromatic carbocycles. The summed E-state index contributed by atoms with van der Waals surface area (Å²) in [5, 5.41) is 9.11. The second-order valence-corrected chi connectivity index (χ2v) is 7.15. The molecule has 1 aliphatic rings. The Morgan fingerprint density at radius 3 is 2.50 bits per heavy atom. The van der Waals surface area contributed by atoms with E-state index >= 15 is 0 Å². The van der Waals surface area contributed by atoms with Crippen LogP contribution in [0.15, 0.2) is 17.0 Å². The van der Waals surface area contributed by atoms with E-state index in [-0.39, 0.29) is 21.6 Å². The first-order valence-electron chi connectivity index (χ1n) is 6.77. The van der Waals surface area contributed by atoms with Gasteiger partial charge in [-0.25, -0.2) is 17.5 Å². The maximum atomic E-state index is 13.7. The maximum absolute atomic E-state index is 13.7. The number of hydrogen-bond acceptors (Lipinski definition) is 3. The van der Waals surface area contributed by atoms with Gasteiger partial charge in [0.15, 0.2) is 0 Å². The predicted octanol–water partition coefficient (Wildman–Crippen LogP) is 2.24. The summed E-state index contributed by atoms with van der Waals surface area (Å²) in [6, 6.07) is 2.51. The van der Waals surface area contributed by atoms with Crippen molar-refractivity contribution in [1.82, 2.24) is 4.72 Å². The molecular weight excluding hydrogens is 281 g/mol. The van der Waals surface area contributed by atoms with Crippen LogP contribution in [0.2, 0.25) is 0 Å². The van der Waals surface area contributed by atoms with Gasteiger partial charge < -0.3 is 5.11 Å². The smallest absolute Gasteiger partial charge is 0.241 e. The number of aryl methyl sites for hydroxylation is 1. The van der Waals surface area contributed by atoms with Crippen molar-refractivity contribution in [3.8, 4) is 0 Å². The Hall–Kier alpha value is -0.980. The number of aliphatic hydroxyl groups is 1. The van der Waals surface area contributed by atoms with Crippen LogP contribution in [0.4, 0.5) is 4.39 Å². The molecule has 0 aromatic heterocycles. The van der Waals surface area contributed by atoms with Crippen molar-refractivity contribution in [2.75, 3.05) is 0 Å². The van der Waals surface area contributed by atoms with E-state index in [1.807, 2.05) is 6.92 Å². The van der Waals surface area contributed by atoms with Gasteiger partial charge in [0.25, 0.3) is 0 Å². The fourth-order valence-electron chi connectivity index (χ4n) is 2.55. The third kappa shape index (κ3) is 2.73. The molecule has 0 spiro atoms. The number of sulfonamides is 1. The van der Waals surface area contributed by atoms with E-state index in [4.69, 9.17) is 5.11 Å². The molecule has 1 fully saturated rings. The first-order valence-corrected chi connectivity index (χ1v) is 8.26. The molecule has 0 unspecified atom stereocenters. The molecule has 1 saturated carbocycles. The highest BCUT2D eigenvalue weighted by Crippen LogP contribution is 2.36. The summed E-state index contributed by atoms with van der Waals surface area (Å²) in [4.78, 5) is 0.0141. The van der Waals surface area contributed by atoms with Gasteiger partial charge in [0.1, 0.15) is 5.82 Å². The molecule has 0 aliphatic heterocycles. The van der Waals surface area contributed by atoms with Gasteiger partial charge in [0.05, 0.1) is 11.5 Å². The fourth-order valence-corrected chi connectivity index (χ4v) is 4.22. The van der Waals surface area contributed by atoms with Crippen LogP contribution in [0.25, 0.3) is 0 Å². The summed E-state index contributed by atoms with van der Waals surface area (Å²) in [6.45, 7) is 2.93. The van der Waals surface area contributed by atoms with Crippen LogP contribution in [0.3, 0.4) is 0 Å². The first kappa shape index (κ1) is 15.4. The Morgan fingerprint density at radius 1 is 1.40 bits per heavy atom. The number of benzene rings is 1. The van der Waals surface area contributed by atoms with Gasteiger partial charge in [0.2, 0.25) is 10.0 Å². The van der Waals surface area contributed by atoms with Gasteiger partial charge in [-0.05, 0) is 50.3 Å². The molecule has 0 heterocycles. The number of nitrogens with one attached hydrogen (secondary N) is 1. The minimum atomic E-state index is -3.69. The van der Waals surface area contributed by atoms with E-state index in [0.717, 1.165) is 25.7 Å². The van der Waals surface area contributed by atoms with Crippen LogP contribution >= 0.6 is 0 Å². The first-order chi connectivity index (χ1) is 9.33. The molecule has 112 valence electrons. The molecule has 0 saturated heterocycles. The van der Waals surface area contributed by atoms with E-state index in [1.54, 1.807) is 0 Å². The molecule has 0 amide bonds. The average molecular weight is 301 g/mol. The highest BCUT2D eigenvalue weighted by molar-refractivity contribution is 7.89. The Morgan fingerprint density at radius 2 is 2.05 bits per heavy atom. The molecule has 2 rings (SSSR count).